The number of carbonyl (C=O) groups excluding carboxylic acids is 4. The molecule has 10 heteroatoms. The third kappa shape index (κ3) is 7.24. The summed E-state index contributed by atoms with van der Waals surface area (Å²) in [5.74, 6) is -2.20. The molecule has 1 amide bonds. The highest BCUT2D eigenvalue weighted by atomic mass is 16.7. The van der Waals surface area contributed by atoms with Crippen molar-refractivity contribution in [3.8, 4) is 0 Å². The average molecular weight is 429 g/mol. The number of hydrogen-bond acceptors (Lipinski definition) is 9. The minimum absolute atomic E-state index is 0.0855. The van der Waals surface area contributed by atoms with Crippen LogP contribution in [0.2, 0.25) is 0 Å². The second-order valence-corrected chi connectivity index (χ2v) is 7.62. The maximum absolute atomic E-state index is 11.9. The molecule has 2 fully saturated rings. The molecule has 0 radical (unpaired) electrons. The highest BCUT2D eigenvalue weighted by Crippen LogP contribution is 2.31. The van der Waals surface area contributed by atoms with E-state index in [4.69, 9.17) is 23.7 Å². The number of carbonyl (C=O) groups is 4. The van der Waals surface area contributed by atoms with Crippen LogP contribution in [0.15, 0.2) is 0 Å². The molecule has 0 unspecified atom stereocenters. The monoisotopic (exact) mass is 429 g/mol. The van der Waals surface area contributed by atoms with Gasteiger partial charge in [-0.05, 0) is 12.8 Å². The SMILES string of the molecule is CC(=O)N[C@@H]1[C@H](OC2CCCCC2)O[C@H](COC(C)=O)[C@@H](OC(C)=O)[C@@H]1OC(C)=O. The first kappa shape index (κ1) is 24.1. The molecule has 1 saturated heterocycles. The molecule has 1 aliphatic heterocycles. The number of nitrogens with one attached hydrogen (secondary N) is 1. The molecule has 1 saturated carbocycles. The Morgan fingerprint density at radius 3 is 2.00 bits per heavy atom. The Balaban J connectivity index is 2.34. The first-order valence-corrected chi connectivity index (χ1v) is 10.2. The van der Waals surface area contributed by atoms with Gasteiger partial charge in [0.1, 0.15) is 18.8 Å². The van der Waals surface area contributed by atoms with E-state index in [9.17, 15) is 19.2 Å². The lowest BCUT2D eigenvalue weighted by Crippen LogP contribution is -2.67. The van der Waals surface area contributed by atoms with E-state index in [1.54, 1.807) is 0 Å². The minimum Gasteiger partial charge on any atom is -0.463 e. The first-order chi connectivity index (χ1) is 14.2. The molecule has 0 spiro atoms. The molecule has 5 atom stereocenters. The minimum atomic E-state index is -1.10. The number of rotatable bonds is 7. The zero-order chi connectivity index (χ0) is 22.3. The van der Waals surface area contributed by atoms with Gasteiger partial charge in [-0.25, -0.2) is 0 Å². The van der Waals surface area contributed by atoms with Crippen molar-refractivity contribution in [3.63, 3.8) is 0 Å². The Morgan fingerprint density at radius 1 is 0.867 bits per heavy atom. The standard InChI is InChI=1S/C20H31NO9/c1-11(22)21-17-19(28-14(4)25)18(27-13(3)24)16(10-26-12(2)23)30-20(17)29-15-8-6-5-7-9-15/h15-20H,5-10H2,1-4H3,(H,21,22)/t16-,17+,18-,19-,20-/m1/s1. The quantitative estimate of drug-likeness (QED) is 0.466. The summed E-state index contributed by atoms with van der Waals surface area (Å²) in [6.07, 6.45) is 0.643. The maximum Gasteiger partial charge on any atom is 0.303 e. The Labute approximate surface area is 175 Å². The van der Waals surface area contributed by atoms with Crippen molar-refractivity contribution in [2.24, 2.45) is 0 Å². The van der Waals surface area contributed by atoms with E-state index >= 15 is 0 Å². The lowest BCUT2D eigenvalue weighted by atomic mass is 9.94. The lowest BCUT2D eigenvalue weighted by molar-refractivity contribution is -0.289. The Kier molecular flexibility index (Phi) is 9.04. The van der Waals surface area contributed by atoms with E-state index in [1.165, 1.54) is 27.7 Å². The van der Waals surface area contributed by atoms with Crippen molar-refractivity contribution in [1.29, 1.82) is 0 Å². The third-order valence-electron chi connectivity index (χ3n) is 4.95. The number of ether oxygens (including phenoxy) is 5. The van der Waals surface area contributed by atoms with E-state index < -0.39 is 54.5 Å². The van der Waals surface area contributed by atoms with Crippen LogP contribution in [-0.4, -0.2) is 67.2 Å². The molecule has 170 valence electrons. The molecule has 10 nitrogen and oxygen atoms in total. The highest BCUT2D eigenvalue weighted by molar-refractivity contribution is 5.73. The van der Waals surface area contributed by atoms with Gasteiger partial charge in [-0.15, -0.1) is 0 Å². The van der Waals surface area contributed by atoms with E-state index in [-0.39, 0.29) is 12.7 Å². The summed E-state index contributed by atoms with van der Waals surface area (Å²) in [6, 6.07) is -0.911. The first-order valence-electron chi connectivity index (χ1n) is 10.2. The van der Waals surface area contributed by atoms with Crippen LogP contribution in [0.1, 0.15) is 59.8 Å². The Bertz CT molecular complexity index is 632. The molecule has 0 bridgehead atoms. The van der Waals surface area contributed by atoms with Crippen molar-refractivity contribution in [3.05, 3.63) is 0 Å². The molecule has 1 N–H and O–H groups in total. The zero-order valence-corrected chi connectivity index (χ0v) is 17.9. The largest absolute Gasteiger partial charge is 0.463 e. The lowest BCUT2D eigenvalue weighted by Gasteiger charge is -2.46. The van der Waals surface area contributed by atoms with E-state index in [0.29, 0.717) is 0 Å². The summed E-state index contributed by atoms with van der Waals surface area (Å²) in [7, 11) is 0. The number of hydrogen-bond donors (Lipinski definition) is 1. The van der Waals surface area contributed by atoms with Gasteiger partial charge in [0.05, 0.1) is 6.10 Å². The van der Waals surface area contributed by atoms with Crippen LogP contribution in [0, 0.1) is 0 Å². The summed E-state index contributed by atoms with van der Waals surface area (Å²) < 4.78 is 28.0. The summed E-state index contributed by atoms with van der Waals surface area (Å²) in [4.78, 5) is 46.7. The van der Waals surface area contributed by atoms with Gasteiger partial charge in [0.25, 0.3) is 0 Å². The van der Waals surface area contributed by atoms with E-state index in [0.717, 1.165) is 32.1 Å². The van der Waals surface area contributed by atoms with Crippen LogP contribution in [0.5, 0.6) is 0 Å². The van der Waals surface area contributed by atoms with Crippen LogP contribution < -0.4 is 5.32 Å². The molecular weight excluding hydrogens is 398 g/mol. The molecular formula is C20H31NO9. The Hall–Kier alpha value is -2.20. The topological polar surface area (TPSA) is 126 Å². The van der Waals surface area contributed by atoms with Crippen molar-refractivity contribution < 1.29 is 42.9 Å². The van der Waals surface area contributed by atoms with Gasteiger partial charge >= 0.3 is 17.9 Å². The number of esters is 3. The fourth-order valence-corrected chi connectivity index (χ4v) is 3.80. The smallest absolute Gasteiger partial charge is 0.303 e. The van der Waals surface area contributed by atoms with Gasteiger partial charge in [0.2, 0.25) is 5.91 Å². The van der Waals surface area contributed by atoms with E-state index in [1.807, 2.05) is 0 Å². The molecule has 1 heterocycles. The van der Waals surface area contributed by atoms with Gasteiger partial charge in [-0.3, -0.25) is 19.2 Å². The highest BCUT2D eigenvalue weighted by Gasteiger charge is 2.51. The normalized spacial score (nSPS) is 29.5. The molecule has 2 rings (SSSR count). The van der Waals surface area contributed by atoms with Crippen LogP contribution in [0.25, 0.3) is 0 Å². The van der Waals surface area contributed by atoms with Crippen molar-refractivity contribution >= 4 is 23.8 Å². The summed E-state index contributed by atoms with van der Waals surface area (Å²) >= 11 is 0. The van der Waals surface area contributed by atoms with Gasteiger partial charge < -0.3 is 29.0 Å². The maximum atomic E-state index is 11.9. The van der Waals surface area contributed by atoms with Crippen LogP contribution >= 0.6 is 0 Å². The second kappa shape index (κ2) is 11.3. The fourth-order valence-electron chi connectivity index (χ4n) is 3.80. The van der Waals surface area contributed by atoms with Gasteiger partial charge in [-0.1, -0.05) is 19.3 Å². The van der Waals surface area contributed by atoms with Crippen LogP contribution in [0.3, 0.4) is 0 Å². The second-order valence-electron chi connectivity index (χ2n) is 7.62. The molecule has 30 heavy (non-hydrogen) atoms. The summed E-state index contributed by atoms with van der Waals surface area (Å²) in [5.41, 5.74) is 0. The Morgan fingerprint density at radius 2 is 1.47 bits per heavy atom. The summed E-state index contributed by atoms with van der Waals surface area (Å²) in [6.45, 7) is 4.73. The zero-order valence-electron chi connectivity index (χ0n) is 17.9. The van der Waals surface area contributed by atoms with Gasteiger partial charge in [0, 0.05) is 27.7 Å². The van der Waals surface area contributed by atoms with Gasteiger partial charge in [0.15, 0.2) is 18.5 Å². The van der Waals surface area contributed by atoms with Crippen molar-refractivity contribution in [2.45, 2.75) is 96.5 Å². The van der Waals surface area contributed by atoms with Crippen molar-refractivity contribution in [2.75, 3.05) is 6.61 Å². The fraction of sp³-hybridized carbons (Fsp3) is 0.800. The molecule has 0 aromatic heterocycles. The van der Waals surface area contributed by atoms with Crippen molar-refractivity contribution in [1.82, 2.24) is 5.32 Å². The predicted octanol–water partition coefficient (Wildman–Crippen LogP) is 0.992. The third-order valence-corrected chi connectivity index (χ3v) is 4.95. The van der Waals surface area contributed by atoms with E-state index in [2.05, 4.69) is 5.32 Å². The van der Waals surface area contributed by atoms with Crippen LogP contribution in [-0.2, 0) is 42.9 Å². The summed E-state index contributed by atoms with van der Waals surface area (Å²) in [5, 5.41) is 2.70. The average Bonchev–Trinajstić information content (AvgIpc) is 2.64. The molecule has 2 aliphatic rings. The van der Waals surface area contributed by atoms with Crippen LogP contribution in [0.4, 0.5) is 0 Å². The molecule has 0 aromatic carbocycles. The van der Waals surface area contributed by atoms with Gasteiger partial charge in [-0.2, -0.15) is 0 Å². The molecule has 1 aliphatic carbocycles. The number of amides is 1. The molecule has 0 aromatic rings. The predicted molar refractivity (Wildman–Crippen MR) is 102 cm³/mol.